The predicted molar refractivity (Wildman–Crippen MR) is 88.2 cm³/mol. The molecule has 6 nitrogen and oxygen atoms in total. The van der Waals surface area contributed by atoms with Gasteiger partial charge in [0.25, 0.3) is 0 Å². The zero-order chi connectivity index (χ0) is 15.4. The molecule has 2 heterocycles. The number of β-amino-alcohol motifs (C(OH)–C–C–N with tert-alkyl or cyclic N) is 1. The summed E-state index contributed by atoms with van der Waals surface area (Å²) in [5, 5.41) is 9.96. The fourth-order valence-corrected chi connectivity index (χ4v) is 2.94. The van der Waals surface area contributed by atoms with E-state index in [9.17, 15) is 0 Å². The van der Waals surface area contributed by atoms with E-state index in [1.165, 1.54) is 0 Å². The Morgan fingerprint density at radius 2 is 1.82 bits per heavy atom. The van der Waals surface area contributed by atoms with Crippen molar-refractivity contribution in [2.24, 2.45) is 0 Å². The van der Waals surface area contributed by atoms with Crippen molar-refractivity contribution in [3.05, 3.63) is 24.4 Å². The van der Waals surface area contributed by atoms with Gasteiger partial charge in [0.1, 0.15) is 12.4 Å². The highest BCUT2D eigenvalue weighted by Gasteiger charge is 2.16. The number of fused-ring (bicyclic) bond motifs is 1. The van der Waals surface area contributed by atoms with Crippen LogP contribution in [0.3, 0.4) is 0 Å². The van der Waals surface area contributed by atoms with Crippen LogP contribution in [0.1, 0.15) is 0 Å². The molecule has 1 aliphatic rings. The molecule has 120 valence electrons. The predicted octanol–water partition coefficient (Wildman–Crippen LogP) is 0.739. The molecule has 3 rings (SSSR count). The van der Waals surface area contributed by atoms with Crippen molar-refractivity contribution < 1.29 is 9.84 Å². The molecule has 0 atom stereocenters. The summed E-state index contributed by atoms with van der Waals surface area (Å²) >= 11 is 0. The molecule has 0 spiro atoms. The van der Waals surface area contributed by atoms with Gasteiger partial charge in [-0.05, 0) is 18.2 Å². The standard InChI is InChI=1S/C16H24N4O2/c17-14-1-2-15(16-13(14)3-4-18-16)22-12-10-20-7-5-19(6-8-20)9-11-21/h1-4,18,21H,5-12,17H2. The van der Waals surface area contributed by atoms with E-state index in [0.29, 0.717) is 6.61 Å². The number of aromatic amines is 1. The number of nitrogen functional groups attached to an aromatic ring is 1. The molecule has 6 heteroatoms. The number of hydrogen-bond donors (Lipinski definition) is 3. The summed E-state index contributed by atoms with van der Waals surface area (Å²) in [5.74, 6) is 0.855. The molecule has 0 amide bonds. The highest BCUT2D eigenvalue weighted by molar-refractivity contribution is 5.94. The lowest BCUT2D eigenvalue weighted by atomic mass is 10.2. The maximum Gasteiger partial charge on any atom is 0.143 e. The second-order valence-corrected chi connectivity index (χ2v) is 5.67. The van der Waals surface area contributed by atoms with E-state index in [1.54, 1.807) is 0 Å². The fraction of sp³-hybridized carbons (Fsp3) is 0.500. The van der Waals surface area contributed by atoms with Crippen LogP contribution >= 0.6 is 0 Å². The van der Waals surface area contributed by atoms with Crippen molar-refractivity contribution in [2.75, 3.05) is 58.2 Å². The van der Waals surface area contributed by atoms with Gasteiger partial charge in [0, 0.05) is 56.5 Å². The van der Waals surface area contributed by atoms with Crippen LogP contribution in [0.4, 0.5) is 5.69 Å². The summed E-state index contributed by atoms with van der Waals surface area (Å²) in [5.41, 5.74) is 7.68. The summed E-state index contributed by atoms with van der Waals surface area (Å²) in [7, 11) is 0. The minimum atomic E-state index is 0.242. The van der Waals surface area contributed by atoms with Crippen molar-refractivity contribution in [3.63, 3.8) is 0 Å². The summed E-state index contributed by atoms with van der Waals surface area (Å²) in [6.45, 7) is 6.70. The minimum Gasteiger partial charge on any atom is -0.490 e. The number of benzene rings is 1. The van der Waals surface area contributed by atoms with Crippen LogP contribution in [0.2, 0.25) is 0 Å². The molecule has 1 fully saturated rings. The van der Waals surface area contributed by atoms with Gasteiger partial charge in [0.2, 0.25) is 0 Å². The van der Waals surface area contributed by atoms with Gasteiger partial charge in [0.05, 0.1) is 12.1 Å². The Morgan fingerprint density at radius 1 is 1.09 bits per heavy atom. The average molecular weight is 304 g/mol. The lowest BCUT2D eigenvalue weighted by molar-refractivity contribution is 0.102. The first kappa shape index (κ1) is 15.1. The Labute approximate surface area is 130 Å². The highest BCUT2D eigenvalue weighted by atomic mass is 16.5. The van der Waals surface area contributed by atoms with Crippen molar-refractivity contribution in [1.82, 2.24) is 14.8 Å². The van der Waals surface area contributed by atoms with E-state index in [2.05, 4.69) is 14.8 Å². The van der Waals surface area contributed by atoms with Gasteiger partial charge in [0.15, 0.2) is 0 Å². The molecule has 22 heavy (non-hydrogen) atoms. The first-order chi connectivity index (χ1) is 10.8. The van der Waals surface area contributed by atoms with E-state index >= 15 is 0 Å². The van der Waals surface area contributed by atoms with Crippen molar-refractivity contribution in [2.45, 2.75) is 0 Å². The third-order valence-corrected chi connectivity index (χ3v) is 4.26. The maximum atomic E-state index is 8.95. The zero-order valence-electron chi connectivity index (χ0n) is 12.8. The minimum absolute atomic E-state index is 0.242. The van der Waals surface area contributed by atoms with Gasteiger partial charge in [-0.15, -0.1) is 0 Å². The van der Waals surface area contributed by atoms with Gasteiger partial charge >= 0.3 is 0 Å². The van der Waals surface area contributed by atoms with Gasteiger partial charge in [-0.3, -0.25) is 9.80 Å². The number of aromatic nitrogens is 1. The smallest absolute Gasteiger partial charge is 0.143 e. The third-order valence-electron chi connectivity index (χ3n) is 4.26. The molecule has 0 aliphatic carbocycles. The SMILES string of the molecule is Nc1ccc(OCCN2CCN(CCO)CC2)c2[nH]ccc12. The van der Waals surface area contributed by atoms with Crippen LogP contribution in [0.15, 0.2) is 24.4 Å². The molecule has 1 saturated heterocycles. The number of ether oxygens (including phenoxy) is 1. The normalized spacial score (nSPS) is 17.1. The van der Waals surface area contributed by atoms with Crippen LogP contribution in [0.5, 0.6) is 5.75 Å². The van der Waals surface area contributed by atoms with E-state index < -0.39 is 0 Å². The molecule has 0 bridgehead atoms. The van der Waals surface area contributed by atoms with Gasteiger partial charge in [-0.1, -0.05) is 0 Å². The Morgan fingerprint density at radius 3 is 2.55 bits per heavy atom. The lowest BCUT2D eigenvalue weighted by Gasteiger charge is -2.34. The van der Waals surface area contributed by atoms with E-state index in [4.69, 9.17) is 15.6 Å². The van der Waals surface area contributed by atoms with Crippen molar-refractivity contribution >= 4 is 16.6 Å². The van der Waals surface area contributed by atoms with Crippen LogP contribution < -0.4 is 10.5 Å². The molecule has 0 saturated carbocycles. The zero-order valence-corrected chi connectivity index (χ0v) is 12.8. The van der Waals surface area contributed by atoms with E-state index in [1.807, 2.05) is 24.4 Å². The number of aliphatic hydroxyl groups is 1. The molecule has 0 unspecified atom stereocenters. The molecule has 0 radical (unpaired) electrons. The second-order valence-electron chi connectivity index (χ2n) is 5.67. The number of aliphatic hydroxyl groups excluding tert-OH is 1. The van der Waals surface area contributed by atoms with Crippen molar-refractivity contribution in [1.29, 1.82) is 0 Å². The average Bonchev–Trinajstić information content (AvgIpc) is 3.02. The number of rotatable bonds is 6. The molecule has 2 aromatic rings. The summed E-state index contributed by atoms with van der Waals surface area (Å²) < 4.78 is 5.93. The largest absolute Gasteiger partial charge is 0.490 e. The van der Waals surface area contributed by atoms with Crippen molar-refractivity contribution in [3.8, 4) is 5.75 Å². The highest BCUT2D eigenvalue weighted by Crippen LogP contribution is 2.28. The molecule has 1 aliphatic heterocycles. The topological polar surface area (TPSA) is 77.8 Å². The number of hydrogen-bond acceptors (Lipinski definition) is 5. The van der Waals surface area contributed by atoms with Crippen LogP contribution in [0, 0.1) is 0 Å². The van der Waals surface area contributed by atoms with Gasteiger partial charge < -0.3 is 20.6 Å². The quantitative estimate of drug-likeness (QED) is 0.686. The maximum absolute atomic E-state index is 8.95. The Bertz CT molecular complexity index is 605. The number of H-pyrrole nitrogens is 1. The number of nitrogens with one attached hydrogen (secondary N) is 1. The third kappa shape index (κ3) is 3.35. The van der Waals surface area contributed by atoms with E-state index in [-0.39, 0.29) is 6.61 Å². The summed E-state index contributed by atoms with van der Waals surface area (Å²) in [6.07, 6.45) is 1.88. The number of nitrogens with two attached hydrogens (primary N) is 1. The molecule has 1 aromatic heterocycles. The molecular formula is C16H24N4O2. The molecule has 4 N–H and O–H groups in total. The van der Waals surface area contributed by atoms with Crippen LogP contribution in [-0.4, -0.2) is 72.4 Å². The first-order valence-electron chi connectivity index (χ1n) is 7.82. The molecular weight excluding hydrogens is 280 g/mol. The van der Waals surface area contributed by atoms with Crippen LogP contribution in [-0.2, 0) is 0 Å². The Kier molecular flexibility index (Phi) is 4.82. The first-order valence-corrected chi connectivity index (χ1v) is 7.82. The lowest BCUT2D eigenvalue weighted by Crippen LogP contribution is -2.48. The monoisotopic (exact) mass is 304 g/mol. The fourth-order valence-electron chi connectivity index (χ4n) is 2.94. The van der Waals surface area contributed by atoms with E-state index in [0.717, 1.165) is 61.6 Å². The van der Waals surface area contributed by atoms with Gasteiger partial charge in [-0.25, -0.2) is 0 Å². The summed E-state index contributed by atoms with van der Waals surface area (Å²) in [6, 6.07) is 5.78. The van der Waals surface area contributed by atoms with Crippen LogP contribution in [0.25, 0.3) is 10.9 Å². The summed E-state index contributed by atoms with van der Waals surface area (Å²) in [4.78, 5) is 7.88. The number of piperazine rings is 1. The number of nitrogens with zero attached hydrogens (tertiary/aromatic N) is 2. The molecule has 1 aromatic carbocycles. The van der Waals surface area contributed by atoms with Gasteiger partial charge in [-0.2, -0.15) is 0 Å². The Hall–Kier alpha value is -1.76. The number of anilines is 1. The Balaban J connectivity index is 1.49. The second kappa shape index (κ2) is 7.00.